The fourth-order valence-electron chi connectivity index (χ4n) is 6.17. The largest absolute Gasteiger partial charge is 0.412 e. The number of nitrogens with two attached hydrogens (primary N) is 1. The van der Waals surface area contributed by atoms with Crippen molar-refractivity contribution < 1.29 is 66.1 Å². The average molecular weight is 892 g/mol. The minimum atomic E-state index is -4.10. The standard InChI is InChI=1S/2C18H30O3S.C6H7NO3S.H2O.Ti/c2*1-2-3-4-5-6-7-8-9-10-11-14-17-15-12-13-16-18(17)22(19,20)21;7-5-1-3-6(4-2-5)11(8,9)10;;/h2*12-13,15-16H,2-11,14H2,1H3,(H,19,20,21);1-4H,7H2,(H,8,9,10);1H2;. The zero-order valence-electron chi connectivity index (χ0n) is 34.1. The summed E-state index contributed by atoms with van der Waals surface area (Å²) in [5.74, 6) is 0. The van der Waals surface area contributed by atoms with Gasteiger partial charge in [-0.15, -0.1) is 0 Å². The van der Waals surface area contributed by atoms with Gasteiger partial charge in [-0.3, -0.25) is 13.7 Å². The molecule has 0 aliphatic heterocycles. The van der Waals surface area contributed by atoms with Crippen LogP contribution in [-0.2, 0) is 64.9 Å². The van der Waals surface area contributed by atoms with Gasteiger partial charge in [0.25, 0.3) is 30.4 Å². The van der Waals surface area contributed by atoms with Gasteiger partial charge < -0.3 is 11.2 Å². The van der Waals surface area contributed by atoms with Gasteiger partial charge in [0.2, 0.25) is 0 Å². The van der Waals surface area contributed by atoms with Crippen LogP contribution in [0.5, 0.6) is 0 Å². The Bertz CT molecular complexity index is 1690. The summed E-state index contributed by atoms with van der Waals surface area (Å²) >= 11 is 0. The monoisotopic (exact) mass is 891 g/mol. The Balaban J connectivity index is 0. The molecule has 3 aromatic rings. The van der Waals surface area contributed by atoms with Crippen LogP contribution in [0.3, 0.4) is 0 Å². The first-order chi connectivity index (χ1) is 26.1. The molecular formula is C42H69NO10S3Ti. The number of hydrogen-bond acceptors (Lipinski definition) is 7. The molecule has 0 unspecified atom stereocenters. The maximum absolute atomic E-state index is 11.3. The zero-order chi connectivity index (χ0) is 41.0. The van der Waals surface area contributed by atoms with Gasteiger partial charge in [-0.2, -0.15) is 25.3 Å². The van der Waals surface area contributed by atoms with E-state index in [2.05, 4.69) is 13.8 Å². The van der Waals surface area contributed by atoms with Gasteiger partial charge in [0, 0.05) is 27.4 Å². The molecule has 0 aliphatic carbocycles. The summed E-state index contributed by atoms with van der Waals surface area (Å²) in [6, 6.07) is 18.7. The van der Waals surface area contributed by atoms with E-state index in [0.717, 1.165) is 36.8 Å². The Kier molecular flexibility index (Phi) is 32.7. The molecule has 7 N–H and O–H groups in total. The van der Waals surface area contributed by atoms with Crippen LogP contribution < -0.4 is 5.73 Å². The Hall–Kier alpha value is -2.14. The molecule has 0 heterocycles. The molecule has 0 atom stereocenters. The summed E-state index contributed by atoms with van der Waals surface area (Å²) < 4.78 is 93.0. The second-order valence-electron chi connectivity index (χ2n) is 14.1. The van der Waals surface area contributed by atoms with Crippen molar-refractivity contribution in [3.63, 3.8) is 0 Å². The fourth-order valence-corrected chi connectivity index (χ4v) is 8.15. The number of unbranched alkanes of at least 4 members (excludes halogenated alkanes) is 18. The maximum Gasteiger partial charge on any atom is 0.294 e. The molecule has 57 heavy (non-hydrogen) atoms. The Morgan fingerprint density at radius 1 is 0.421 bits per heavy atom. The van der Waals surface area contributed by atoms with Crippen molar-refractivity contribution >= 4 is 36.0 Å². The van der Waals surface area contributed by atoms with E-state index in [4.69, 9.17) is 10.3 Å². The molecule has 11 nitrogen and oxygen atoms in total. The minimum absolute atomic E-state index is 0. The molecule has 3 aromatic carbocycles. The van der Waals surface area contributed by atoms with Gasteiger partial charge in [0.15, 0.2) is 0 Å². The molecule has 3 rings (SSSR count). The van der Waals surface area contributed by atoms with E-state index in [1.165, 1.54) is 139 Å². The second kappa shape index (κ2) is 32.7. The van der Waals surface area contributed by atoms with Crippen molar-refractivity contribution in [2.45, 2.75) is 170 Å². The van der Waals surface area contributed by atoms with Crippen molar-refractivity contribution in [2.24, 2.45) is 0 Å². The van der Waals surface area contributed by atoms with E-state index in [1.54, 1.807) is 24.3 Å². The third-order valence-electron chi connectivity index (χ3n) is 9.28. The Morgan fingerprint density at radius 2 is 0.702 bits per heavy atom. The van der Waals surface area contributed by atoms with Crippen LogP contribution in [0, 0.1) is 0 Å². The number of rotatable bonds is 25. The van der Waals surface area contributed by atoms with Crippen molar-refractivity contribution in [1.82, 2.24) is 0 Å². The summed E-state index contributed by atoms with van der Waals surface area (Å²) in [6.07, 6.45) is 26.6. The topological polar surface area (TPSA) is 221 Å². The number of hydrogen-bond donors (Lipinski definition) is 4. The van der Waals surface area contributed by atoms with Crippen LogP contribution in [0.4, 0.5) is 5.69 Å². The van der Waals surface area contributed by atoms with Crippen LogP contribution in [-0.4, -0.2) is 44.4 Å². The average Bonchev–Trinajstić information content (AvgIpc) is 3.13. The van der Waals surface area contributed by atoms with Crippen LogP contribution in [0.25, 0.3) is 0 Å². The normalized spacial score (nSPS) is 11.2. The van der Waals surface area contributed by atoms with E-state index < -0.39 is 30.4 Å². The molecule has 324 valence electrons. The first-order valence-corrected chi connectivity index (χ1v) is 24.4. The Labute approximate surface area is 359 Å². The smallest absolute Gasteiger partial charge is 0.294 e. The van der Waals surface area contributed by atoms with Gasteiger partial charge in [-0.25, -0.2) is 0 Å². The van der Waals surface area contributed by atoms with Crippen LogP contribution in [0.2, 0.25) is 0 Å². The molecule has 0 amide bonds. The predicted octanol–water partition coefficient (Wildman–Crippen LogP) is 10.5. The number of anilines is 1. The van der Waals surface area contributed by atoms with Crippen LogP contribution in [0.15, 0.2) is 87.5 Å². The minimum Gasteiger partial charge on any atom is -0.412 e. The van der Waals surface area contributed by atoms with Gasteiger partial charge in [-0.1, -0.05) is 166 Å². The van der Waals surface area contributed by atoms with Gasteiger partial charge in [0.05, 0.1) is 14.7 Å². The van der Waals surface area contributed by atoms with Gasteiger partial charge in [0.1, 0.15) is 0 Å². The summed E-state index contributed by atoms with van der Waals surface area (Å²) in [5.41, 5.74) is 7.20. The van der Waals surface area contributed by atoms with E-state index in [9.17, 15) is 34.4 Å². The Morgan fingerprint density at radius 3 is 0.982 bits per heavy atom. The SMILES string of the molecule is CCCCCCCCCCCCc1ccccc1S(=O)(=O)O.CCCCCCCCCCCCc1ccccc1S(=O)(=O)O.Nc1ccc(S(=O)(=O)O)cc1.O.[Ti]. The third-order valence-corrected chi connectivity index (χ3v) is 12.1. The summed E-state index contributed by atoms with van der Waals surface area (Å²) in [5, 5.41) is 0. The summed E-state index contributed by atoms with van der Waals surface area (Å²) in [4.78, 5) is -0.0245. The van der Waals surface area contributed by atoms with Crippen molar-refractivity contribution in [3.05, 3.63) is 83.9 Å². The first kappa shape index (κ1) is 57.0. The third kappa shape index (κ3) is 28.1. The summed E-state index contributed by atoms with van der Waals surface area (Å²) in [7, 11) is -12.3. The molecule has 0 saturated heterocycles. The molecule has 0 aromatic heterocycles. The first-order valence-electron chi connectivity index (χ1n) is 20.0. The molecule has 0 fully saturated rings. The zero-order valence-corrected chi connectivity index (χ0v) is 38.1. The van der Waals surface area contributed by atoms with Crippen molar-refractivity contribution in [2.75, 3.05) is 5.73 Å². The van der Waals surface area contributed by atoms with E-state index in [1.807, 2.05) is 12.1 Å². The number of aryl methyl sites for hydroxylation is 2. The molecule has 0 saturated carbocycles. The molecule has 0 spiro atoms. The number of nitrogen functional groups attached to an aromatic ring is 1. The molecule has 0 aliphatic rings. The fraction of sp³-hybridized carbons (Fsp3) is 0.571. The summed E-state index contributed by atoms with van der Waals surface area (Å²) in [6.45, 7) is 4.47. The van der Waals surface area contributed by atoms with Gasteiger partial charge in [-0.05, 0) is 73.2 Å². The van der Waals surface area contributed by atoms with Crippen molar-refractivity contribution in [3.8, 4) is 0 Å². The molecular weight excluding hydrogens is 823 g/mol. The predicted molar refractivity (Wildman–Crippen MR) is 228 cm³/mol. The number of benzene rings is 3. The maximum atomic E-state index is 11.3. The molecule has 15 heteroatoms. The van der Waals surface area contributed by atoms with E-state index in [0.29, 0.717) is 18.5 Å². The quantitative estimate of drug-likeness (QED) is 0.0273. The van der Waals surface area contributed by atoms with Crippen LogP contribution >= 0.6 is 0 Å². The van der Waals surface area contributed by atoms with Crippen molar-refractivity contribution in [1.29, 1.82) is 0 Å². The molecule has 0 bridgehead atoms. The molecule has 0 radical (unpaired) electrons. The van der Waals surface area contributed by atoms with Gasteiger partial charge >= 0.3 is 0 Å². The second-order valence-corrected chi connectivity index (χ2v) is 18.3. The van der Waals surface area contributed by atoms with Crippen LogP contribution in [0.1, 0.15) is 153 Å². The van der Waals surface area contributed by atoms with E-state index >= 15 is 0 Å². The van der Waals surface area contributed by atoms with E-state index in [-0.39, 0.29) is 41.9 Å².